The van der Waals surface area contributed by atoms with Crippen LogP contribution in [0.25, 0.3) is 12.2 Å². The average Bonchev–Trinajstić information content (AvgIpc) is 2.49. The van der Waals surface area contributed by atoms with E-state index in [9.17, 15) is 0 Å². The standard InChI is InChI=1S/C15H14/c1-2-3-6-13-9-11-14-7-4-5-8-15(14)12-10-13/h2-9,11-12H,1,10H2/b6-3-. The van der Waals surface area contributed by atoms with Gasteiger partial charge in [-0.3, -0.25) is 0 Å². The van der Waals surface area contributed by atoms with Gasteiger partial charge in [-0.05, 0) is 22.4 Å². The summed E-state index contributed by atoms with van der Waals surface area (Å²) in [6.07, 6.45) is 13.5. The molecule has 0 heteroatoms. The molecule has 1 aliphatic rings. The molecule has 2 rings (SSSR count). The highest BCUT2D eigenvalue weighted by atomic mass is 14.0. The van der Waals surface area contributed by atoms with Crippen molar-refractivity contribution in [1.82, 2.24) is 0 Å². The lowest BCUT2D eigenvalue weighted by molar-refractivity contribution is 1.35. The maximum atomic E-state index is 3.67. The molecule has 0 spiro atoms. The summed E-state index contributed by atoms with van der Waals surface area (Å²) in [5.74, 6) is 0. The van der Waals surface area contributed by atoms with Gasteiger partial charge in [0.25, 0.3) is 0 Å². The number of hydrogen-bond acceptors (Lipinski definition) is 0. The van der Waals surface area contributed by atoms with E-state index in [1.807, 2.05) is 6.08 Å². The molecule has 0 N–H and O–H groups in total. The van der Waals surface area contributed by atoms with Crippen LogP contribution in [0.1, 0.15) is 6.42 Å². The summed E-state index contributed by atoms with van der Waals surface area (Å²) in [7, 11) is 0. The van der Waals surface area contributed by atoms with Crippen LogP contribution in [0.2, 0.25) is 0 Å². The van der Waals surface area contributed by atoms with Gasteiger partial charge in [0.05, 0.1) is 0 Å². The second-order valence-electron chi connectivity index (χ2n) is 3.54. The number of fused-ring (bicyclic) bond motifs is 1. The number of allylic oxidation sites excluding steroid dienone is 5. The van der Waals surface area contributed by atoms with E-state index in [0.717, 1.165) is 6.42 Å². The van der Waals surface area contributed by atoms with Gasteiger partial charge in [-0.2, -0.15) is 0 Å². The first kappa shape index (κ1) is 9.72. The van der Waals surface area contributed by atoms with Gasteiger partial charge in [0, 0.05) is 0 Å². The Hall–Kier alpha value is -1.82. The molecule has 0 aliphatic heterocycles. The maximum absolute atomic E-state index is 3.67. The van der Waals surface area contributed by atoms with Gasteiger partial charge < -0.3 is 0 Å². The molecule has 15 heavy (non-hydrogen) atoms. The second kappa shape index (κ2) is 4.61. The fourth-order valence-corrected chi connectivity index (χ4v) is 1.66. The van der Waals surface area contributed by atoms with Crippen LogP contribution in [-0.2, 0) is 0 Å². The Kier molecular flexibility index (Phi) is 2.99. The summed E-state index contributed by atoms with van der Waals surface area (Å²) in [6, 6.07) is 8.44. The fraction of sp³-hybridized carbons (Fsp3) is 0.0667. The smallest absolute Gasteiger partial charge is 0.00882 e. The van der Waals surface area contributed by atoms with Gasteiger partial charge in [0.1, 0.15) is 0 Å². The third-order valence-corrected chi connectivity index (χ3v) is 2.48. The highest BCUT2D eigenvalue weighted by molar-refractivity contribution is 5.50. The van der Waals surface area contributed by atoms with Gasteiger partial charge >= 0.3 is 0 Å². The predicted molar refractivity (Wildman–Crippen MR) is 66.7 cm³/mol. The number of benzene rings is 1. The molecule has 74 valence electrons. The average molecular weight is 194 g/mol. The highest BCUT2D eigenvalue weighted by Gasteiger charge is 1.92. The van der Waals surface area contributed by atoms with Crippen molar-refractivity contribution in [3.63, 3.8) is 0 Å². The normalized spacial score (nSPS) is 14.5. The molecule has 0 heterocycles. The summed E-state index contributed by atoms with van der Waals surface area (Å²) in [5, 5.41) is 2.61. The van der Waals surface area contributed by atoms with Crippen LogP contribution in [0.5, 0.6) is 0 Å². The van der Waals surface area contributed by atoms with Crippen LogP contribution in [0.15, 0.2) is 60.7 Å². The van der Waals surface area contributed by atoms with Crippen LogP contribution >= 0.6 is 0 Å². The molecule has 0 bridgehead atoms. The van der Waals surface area contributed by atoms with E-state index in [1.165, 1.54) is 16.0 Å². The topological polar surface area (TPSA) is 0 Å². The Bertz CT molecular complexity index is 527. The zero-order chi connectivity index (χ0) is 10.5. The van der Waals surface area contributed by atoms with Crippen molar-refractivity contribution >= 4 is 12.2 Å². The van der Waals surface area contributed by atoms with Crippen molar-refractivity contribution < 1.29 is 0 Å². The van der Waals surface area contributed by atoms with E-state index < -0.39 is 0 Å². The second-order valence-corrected chi connectivity index (χ2v) is 3.54. The van der Waals surface area contributed by atoms with Crippen LogP contribution in [0.4, 0.5) is 0 Å². The van der Waals surface area contributed by atoms with Crippen LogP contribution in [0, 0.1) is 0 Å². The zero-order valence-electron chi connectivity index (χ0n) is 8.69. The van der Waals surface area contributed by atoms with E-state index in [-0.39, 0.29) is 0 Å². The predicted octanol–water partition coefficient (Wildman–Crippen LogP) is 2.32. The largest absolute Gasteiger partial charge is 0.0991 e. The molecule has 0 unspecified atom stereocenters. The Morgan fingerprint density at radius 1 is 1.07 bits per heavy atom. The molecular formula is C15H14. The van der Waals surface area contributed by atoms with Gasteiger partial charge in [-0.25, -0.2) is 0 Å². The van der Waals surface area contributed by atoms with E-state index in [0.29, 0.717) is 0 Å². The molecule has 1 aromatic carbocycles. The van der Waals surface area contributed by atoms with Crippen molar-refractivity contribution in [3.05, 3.63) is 71.2 Å². The zero-order valence-corrected chi connectivity index (χ0v) is 8.69. The monoisotopic (exact) mass is 194 g/mol. The quantitative estimate of drug-likeness (QED) is 0.634. The molecular weight excluding hydrogens is 180 g/mol. The third kappa shape index (κ3) is 2.35. The van der Waals surface area contributed by atoms with Crippen LogP contribution in [-0.4, -0.2) is 0 Å². The summed E-state index contributed by atoms with van der Waals surface area (Å²) < 4.78 is 0. The minimum atomic E-state index is 0.984. The molecule has 0 atom stereocenters. The molecule has 0 amide bonds. The summed E-state index contributed by atoms with van der Waals surface area (Å²) >= 11 is 0. The number of rotatable bonds is 2. The molecule has 0 nitrogen and oxygen atoms in total. The maximum Gasteiger partial charge on any atom is -0.00882 e. The molecule has 0 fully saturated rings. The fourth-order valence-electron chi connectivity index (χ4n) is 1.66. The van der Waals surface area contributed by atoms with Crippen LogP contribution in [0.3, 0.4) is 0 Å². The van der Waals surface area contributed by atoms with E-state index in [4.69, 9.17) is 0 Å². The lowest BCUT2D eigenvalue weighted by Gasteiger charge is -1.92. The summed E-state index contributed by atoms with van der Waals surface area (Å²) in [4.78, 5) is 0. The molecule has 1 aliphatic carbocycles. The minimum absolute atomic E-state index is 0.984. The van der Waals surface area contributed by atoms with Gasteiger partial charge in [-0.15, -0.1) is 0 Å². The lowest BCUT2D eigenvalue weighted by atomic mass is 10.1. The van der Waals surface area contributed by atoms with Crippen molar-refractivity contribution in [3.8, 4) is 0 Å². The first-order chi connectivity index (χ1) is 7.40. The minimum Gasteiger partial charge on any atom is -0.0991 e. The van der Waals surface area contributed by atoms with E-state index in [2.05, 4.69) is 55.1 Å². The Morgan fingerprint density at radius 2 is 1.87 bits per heavy atom. The summed E-state index contributed by atoms with van der Waals surface area (Å²) in [5.41, 5.74) is 1.31. The molecule has 0 radical (unpaired) electrons. The van der Waals surface area contributed by atoms with Crippen molar-refractivity contribution in [2.75, 3.05) is 0 Å². The molecule has 0 aromatic heterocycles. The van der Waals surface area contributed by atoms with Crippen LogP contribution < -0.4 is 10.4 Å². The number of hydrogen-bond donors (Lipinski definition) is 0. The SMILES string of the molecule is C=C/C=C\C1=CC=c2ccccc2=CC1. The van der Waals surface area contributed by atoms with E-state index >= 15 is 0 Å². The Labute approximate surface area is 90.3 Å². The van der Waals surface area contributed by atoms with Crippen molar-refractivity contribution in [1.29, 1.82) is 0 Å². The van der Waals surface area contributed by atoms with E-state index in [1.54, 1.807) is 6.08 Å². The van der Waals surface area contributed by atoms with Crippen molar-refractivity contribution in [2.45, 2.75) is 6.42 Å². The highest BCUT2D eigenvalue weighted by Crippen LogP contribution is 2.06. The summed E-state index contributed by atoms with van der Waals surface area (Å²) in [6.45, 7) is 3.67. The third-order valence-electron chi connectivity index (χ3n) is 2.48. The molecule has 1 aromatic rings. The van der Waals surface area contributed by atoms with Gasteiger partial charge in [0.15, 0.2) is 0 Å². The first-order valence-corrected chi connectivity index (χ1v) is 5.15. The van der Waals surface area contributed by atoms with Gasteiger partial charge in [-0.1, -0.05) is 67.3 Å². The Morgan fingerprint density at radius 3 is 2.67 bits per heavy atom. The van der Waals surface area contributed by atoms with Gasteiger partial charge in [0.2, 0.25) is 0 Å². The Balaban J connectivity index is 2.42. The lowest BCUT2D eigenvalue weighted by Crippen LogP contribution is -2.22. The molecule has 0 saturated heterocycles. The van der Waals surface area contributed by atoms with Crippen molar-refractivity contribution in [2.24, 2.45) is 0 Å². The first-order valence-electron chi connectivity index (χ1n) is 5.15. The molecule has 0 saturated carbocycles.